The summed E-state index contributed by atoms with van der Waals surface area (Å²) in [6, 6.07) is 4.69. The molecule has 17 heavy (non-hydrogen) atoms. The molecule has 88 valence electrons. The predicted molar refractivity (Wildman–Crippen MR) is 61.4 cm³/mol. The first kappa shape index (κ1) is 10.9. The second-order valence-corrected chi connectivity index (χ2v) is 3.51. The van der Waals surface area contributed by atoms with Crippen molar-refractivity contribution in [2.24, 2.45) is 0 Å². The lowest BCUT2D eigenvalue weighted by atomic mass is 10.1. The molecule has 0 saturated heterocycles. The van der Waals surface area contributed by atoms with Crippen LogP contribution in [0.2, 0.25) is 0 Å². The van der Waals surface area contributed by atoms with Gasteiger partial charge in [0.15, 0.2) is 5.82 Å². The average molecular weight is 234 g/mol. The Bertz CT molecular complexity index is 591. The van der Waals surface area contributed by atoms with Crippen LogP contribution in [0, 0.1) is 17.0 Å². The number of nitrogens with zero attached hydrogens (tertiary/aromatic N) is 4. The lowest BCUT2D eigenvalue weighted by Crippen LogP contribution is -2.13. The van der Waals surface area contributed by atoms with Gasteiger partial charge in [0, 0.05) is 17.2 Å². The van der Waals surface area contributed by atoms with Crippen LogP contribution in [0.3, 0.4) is 0 Å². The molecule has 0 bridgehead atoms. The molecule has 0 unspecified atom stereocenters. The van der Waals surface area contributed by atoms with E-state index in [1.807, 2.05) is 0 Å². The molecular weight excluding hydrogens is 224 g/mol. The van der Waals surface area contributed by atoms with Crippen molar-refractivity contribution in [1.82, 2.24) is 14.9 Å². The largest absolute Gasteiger partial charge is 0.366 e. The van der Waals surface area contributed by atoms with Gasteiger partial charge in [0.2, 0.25) is 5.95 Å². The van der Waals surface area contributed by atoms with E-state index in [0.29, 0.717) is 11.1 Å². The molecule has 0 atom stereocenters. The quantitative estimate of drug-likeness (QED) is 0.441. The topological polar surface area (TPSA) is 126 Å². The van der Waals surface area contributed by atoms with Gasteiger partial charge in [0.25, 0.3) is 5.69 Å². The summed E-state index contributed by atoms with van der Waals surface area (Å²) >= 11 is 0. The van der Waals surface area contributed by atoms with E-state index in [2.05, 4.69) is 10.2 Å². The molecule has 1 aromatic carbocycles. The number of nitro benzene ring substituents is 1. The number of nitrogen functional groups attached to an aromatic ring is 2. The number of hydrogen-bond acceptors (Lipinski definition) is 6. The monoisotopic (exact) mass is 234 g/mol. The average Bonchev–Trinajstić information content (AvgIpc) is 2.60. The fraction of sp³-hybridized carbons (Fsp3) is 0.111. The van der Waals surface area contributed by atoms with Crippen LogP contribution in [-0.4, -0.2) is 19.8 Å². The SMILES string of the molecule is Cc1ccc(-c2nnc(N)n2N)cc1[N+](=O)[O-]. The van der Waals surface area contributed by atoms with E-state index in [-0.39, 0.29) is 17.5 Å². The van der Waals surface area contributed by atoms with Gasteiger partial charge in [-0.1, -0.05) is 12.1 Å². The molecular formula is C9H10N6O2. The van der Waals surface area contributed by atoms with Crippen LogP contribution in [0.4, 0.5) is 11.6 Å². The molecule has 4 N–H and O–H groups in total. The molecule has 8 nitrogen and oxygen atoms in total. The molecule has 1 heterocycles. The molecule has 0 aliphatic heterocycles. The maximum absolute atomic E-state index is 10.8. The van der Waals surface area contributed by atoms with E-state index in [4.69, 9.17) is 11.6 Å². The van der Waals surface area contributed by atoms with Crippen LogP contribution in [0.1, 0.15) is 5.56 Å². The minimum absolute atomic E-state index is 0.00377. The molecule has 0 amide bonds. The number of aromatic nitrogens is 3. The van der Waals surface area contributed by atoms with E-state index in [1.165, 1.54) is 6.07 Å². The number of aryl methyl sites for hydroxylation is 1. The van der Waals surface area contributed by atoms with Crippen molar-refractivity contribution < 1.29 is 4.92 Å². The standard InChI is InChI=1S/C9H10N6O2/c1-5-2-3-6(4-7(5)15(16)17)8-12-13-9(10)14(8)11/h2-4H,11H2,1H3,(H2,10,13). The fourth-order valence-corrected chi connectivity index (χ4v) is 1.45. The molecule has 0 aliphatic rings. The van der Waals surface area contributed by atoms with E-state index < -0.39 is 4.92 Å². The van der Waals surface area contributed by atoms with Crippen LogP contribution >= 0.6 is 0 Å². The Hall–Kier alpha value is -2.64. The first-order chi connectivity index (χ1) is 8.00. The van der Waals surface area contributed by atoms with Crippen molar-refractivity contribution in [2.45, 2.75) is 6.92 Å². The first-order valence-electron chi connectivity index (χ1n) is 4.72. The molecule has 2 rings (SSSR count). The maximum atomic E-state index is 10.8. The third kappa shape index (κ3) is 1.75. The number of nitro groups is 1. The Morgan fingerprint density at radius 2 is 2.12 bits per heavy atom. The van der Waals surface area contributed by atoms with Crippen LogP contribution < -0.4 is 11.6 Å². The van der Waals surface area contributed by atoms with Crippen molar-refractivity contribution in [2.75, 3.05) is 11.6 Å². The van der Waals surface area contributed by atoms with Crippen LogP contribution in [-0.2, 0) is 0 Å². The fourth-order valence-electron chi connectivity index (χ4n) is 1.45. The number of nitrogens with two attached hydrogens (primary N) is 2. The number of hydrogen-bond donors (Lipinski definition) is 2. The number of benzene rings is 1. The molecule has 0 radical (unpaired) electrons. The zero-order chi connectivity index (χ0) is 12.6. The zero-order valence-corrected chi connectivity index (χ0v) is 8.99. The number of anilines is 1. The lowest BCUT2D eigenvalue weighted by molar-refractivity contribution is -0.385. The van der Waals surface area contributed by atoms with Crippen molar-refractivity contribution in [1.29, 1.82) is 0 Å². The Balaban J connectivity index is 2.58. The summed E-state index contributed by atoms with van der Waals surface area (Å²) in [5.41, 5.74) is 6.50. The van der Waals surface area contributed by atoms with Gasteiger partial charge in [0.05, 0.1) is 4.92 Å². The highest BCUT2D eigenvalue weighted by Gasteiger charge is 2.15. The summed E-state index contributed by atoms with van der Waals surface area (Å²) in [6.07, 6.45) is 0. The van der Waals surface area contributed by atoms with Crippen LogP contribution in [0.25, 0.3) is 11.4 Å². The normalized spacial score (nSPS) is 10.4. The van der Waals surface area contributed by atoms with Gasteiger partial charge in [-0.3, -0.25) is 10.1 Å². The van der Waals surface area contributed by atoms with Gasteiger partial charge in [-0.05, 0) is 6.92 Å². The minimum Gasteiger partial charge on any atom is -0.366 e. The van der Waals surface area contributed by atoms with Gasteiger partial charge in [-0.25, -0.2) is 4.68 Å². The molecule has 1 aromatic heterocycles. The zero-order valence-electron chi connectivity index (χ0n) is 8.99. The minimum atomic E-state index is -0.459. The van der Waals surface area contributed by atoms with Gasteiger partial charge in [0.1, 0.15) is 0 Å². The Morgan fingerprint density at radius 1 is 1.41 bits per heavy atom. The molecule has 0 saturated carbocycles. The van der Waals surface area contributed by atoms with Crippen molar-refractivity contribution >= 4 is 11.6 Å². The Kier molecular flexibility index (Phi) is 2.39. The highest BCUT2D eigenvalue weighted by Crippen LogP contribution is 2.25. The van der Waals surface area contributed by atoms with Gasteiger partial charge in [-0.2, -0.15) is 0 Å². The van der Waals surface area contributed by atoms with E-state index in [0.717, 1.165) is 4.68 Å². The number of rotatable bonds is 2. The molecule has 0 spiro atoms. The maximum Gasteiger partial charge on any atom is 0.273 e. The summed E-state index contributed by atoms with van der Waals surface area (Å²) in [4.78, 5) is 10.3. The van der Waals surface area contributed by atoms with E-state index >= 15 is 0 Å². The van der Waals surface area contributed by atoms with Crippen molar-refractivity contribution in [3.05, 3.63) is 33.9 Å². The second-order valence-electron chi connectivity index (χ2n) is 3.51. The molecule has 8 heteroatoms. The third-order valence-corrected chi connectivity index (χ3v) is 2.39. The molecule has 2 aromatic rings. The Labute approximate surface area is 96.0 Å². The smallest absolute Gasteiger partial charge is 0.273 e. The summed E-state index contributed by atoms with van der Waals surface area (Å²) in [5.74, 6) is 5.92. The predicted octanol–water partition coefficient (Wildman–Crippen LogP) is 0.458. The summed E-state index contributed by atoms with van der Waals surface area (Å²) in [5, 5.41) is 18.1. The summed E-state index contributed by atoms with van der Waals surface area (Å²) < 4.78 is 1.08. The van der Waals surface area contributed by atoms with Gasteiger partial charge < -0.3 is 11.6 Å². The van der Waals surface area contributed by atoms with Crippen molar-refractivity contribution in [3.63, 3.8) is 0 Å². The first-order valence-corrected chi connectivity index (χ1v) is 4.72. The second kappa shape index (κ2) is 3.74. The van der Waals surface area contributed by atoms with E-state index in [9.17, 15) is 10.1 Å². The lowest BCUT2D eigenvalue weighted by Gasteiger charge is -2.02. The summed E-state index contributed by atoms with van der Waals surface area (Å²) in [7, 11) is 0. The molecule has 0 fully saturated rings. The summed E-state index contributed by atoms with van der Waals surface area (Å²) in [6.45, 7) is 1.66. The van der Waals surface area contributed by atoms with E-state index in [1.54, 1.807) is 19.1 Å². The molecule has 0 aliphatic carbocycles. The van der Waals surface area contributed by atoms with Crippen LogP contribution in [0.15, 0.2) is 18.2 Å². The van der Waals surface area contributed by atoms with Crippen molar-refractivity contribution in [3.8, 4) is 11.4 Å². The Morgan fingerprint density at radius 3 is 2.65 bits per heavy atom. The third-order valence-electron chi connectivity index (χ3n) is 2.39. The highest BCUT2D eigenvalue weighted by molar-refractivity contribution is 5.62. The van der Waals surface area contributed by atoms with Gasteiger partial charge >= 0.3 is 0 Å². The highest BCUT2D eigenvalue weighted by atomic mass is 16.6. The van der Waals surface area contributed by atoms with Crippen LogP contribution in [0.5, 0.6) is 0 Å². The van der Waals surface area contributed by atoms with Gasteiger partial charge in [-0.15, -0.1) is 10.2 Å².